The summed E-state index contributed by atoms with van der Waals surface area (Å²) in [7, 11) is 0. The van der Waals surface area contributed by atoms with E-state index in [1.165, 1.54) is 6.20 Å². The van der Waals surface area contributed by atoms with E-state index in [4.69, 9.17) is 18.0 Å². The maximum atomic E-state index is 12.5. The first-order valence-electron chi connectivity index (χ1n) is 6.25. The van der Waals surface area contributed by atoms with Crippen LogP contribution in [0.1, 0.15) is 32.0 Å². The highest BCUT2D eigenvalue weighted by Crippen LogP contribution is 2.31. The number of carbonyl (C=O) groups is 2. The van der Waals surface area contributed by atoms with Crippen LogP contribution in [0.2, 0.25) is 0 Å². The fourth-order valence-corrected chi connectivity index (χ4v) is 2.71. The summed E-state index contributed by atoms with van der Waals surface area (Å²) >= 11 is 5.05. The van der Waals surface area contributed by atoms with Gasteiger partial charge in [0.15, 0.2) is 0 Å². The minimum Gasteiger partial charge on any atom is -0.389 e. The number of nitrogens with zero attached hydrogens (tertiary/aromatic N) is 2. The van der Waals surface area contributed by atoms with Crippen LogP contribution in [0.15, 0.2) is 36.5 Å². The summed E-state index contributed by atoms with van der Waals surface area (Å²) in [5.41, 5.74) is 7.92. The molecule has 0 saturated heterocycles. The normalized spacial score (nSPS) is 13.5. The number of fused-ring (bicyclic) bond motifs is 1. The van der Waals surface area contributed by atoms with E-state index in [0.29, 0.717) is 11.3 Å². The van der Waals surface area contributed by atoms with E-state index in [9.17, 15) is 9.59 Å². The van der Waals surface area contributed by atoms with Crippen LogP contribution < -0.4 is 10.6 Å². The molecule has 2 aromatic rings. The van der Waals surface area contributed by atoms with Gasteiger partial charge in [0.25, 0.3) is 11.8 Å². The smallest absolute Gasteiger partial charge is 0.284 e. The van der Waals surface area contributed by atoms with Gasteiger partial charge < -0.3 is 5.73 Å². The zero-order valence-corrected chi connectivity index (χ0v) is 12.0. The van der Waals surface area contributed by atoms with E-state index >= 15 is 0 Å². The summed E-state index contributed by atoms with van der Waals surface area (Å²) in [5, 5.41) is 0. The first kappa shape index (κ1) is 13.4. The molecule has 2 amide bonds. The number of imide groups is 1. The van der Waals surface area contributed by atoms with Gasteiger partial charge in [0, 0.05) is 11.8 Å². The van der Waals surface area contributed by atoms with Gasteiger partial charge in [0.05, 0.1) is 11.3 Å². The molecule has 2 heterocycles. The molecule has 0 atom stereocenters. The van der Waals surface area contributed by atoms with Crippen LogP contribution in [0, 0.1) is 6.92 Å². The van der Waals surface area contributed by atoms with Crippen molar-refractivity contribution in [2.24, 2.45) is 5.73 Å². The third kappa shape index (κ3) is 1.92. The monoisotopic (exact) mass is 297 g/mol. The van der Waals surface area contributed by atoms with E-state index in [0.717, 1.165) is 10.5 Å². The Morgan fingerprint density at radius 3 is 2.62 bits per heavy atom. The Kier molecular flexibility index (Phi) is 3.03. The van der Waals surface area contributed by atoms with Crippen LogP contribution in [0.3, 0.4) is 0 Å². The number of benzene rings is 1. The Bertz CT molecular complexity index is 766. The standard InChI is InChI=1S/C15H11N3O2S/c1-8-4-2-6-10(11(8)13(16)21)18-14(19)9-5-3-7-17-12(9)15(18)20/h2-7H,1H3,(H2,16,21). The quantitative estimate of drug-likeness (QED) is 0.676. The van der Waals surface area contributed by atoms with Crippen molar-refractivity contribution in [3.63, 3.8) is 0 Å². The van der Waals surface area contributed by atoms with Gasteiger partial charge in [-0.3, -0.25) is 14.6 Å². The largest absolute Gasteiger partial charge is 0.389 e. The highest BCUT2D eigenvalue weighted by atomic mass is 32.1. The second-order valence-electron chi connectivity index (χ2n) is 4.68. The maximum Gasteiger partial charge on any atom is 0.284 e. The molecule has 0 unspecified atom stereocenters. The SMILES string of the molecule is Cc1cccc(N2C(=O)c3cccnc3C2=O)c1C(N)=S. The summed E-state index contributed by atoms with van der Waals surface area (Å²) in [4.78, 5) is 30.1. The van der Waals surface area contributed by atoms with Gasteiger partial charge in [-0.15, -0.1) is 0 Å². The number of pyridine rings is 1. The number of carbonyl (C=O) groups excluding carboxylic acids is 2. The number of amides is 2. The Labute approximate surface area is 126 Å². The van der Waals surface area contributed by atoms with Crippen LogP contribution >= 0.6 is 12.2 Å². The van der Waals surface area contributed by atoms with Crippen molar-refractivity contribution < 1.29 is 9.59 Å². The fraction of sp³-hybridized carbons (Fsp3) is 0.0667. The van der Waals surface area contributed by atoms with E-state index < -0.39 is 11.8 Å². The van der Waals surface area contributed by atoms with Crippen LogP contribution in [-0.4, -0.2) is 21.8 Å². The van der Waals surface area contributed by atoms with Crippen molar-refractivity contribution in [2.45, 2.75) is 6.92 Å². The van der Waals surface area contributed by atoms with Crippen molar-refractivity contribution >= 4 is 34.7 Å². The van der Waals surface area contributed by atoms with Crippen LogP contribution in [-0.2, 0) is 0 Å². The summed E-state index contributed by atoms with van der Waals surface area (Å²) < 4.78 is 0. The molecule has 1 aliphatic heterocycles. The number of anilines is 1. The lowest BCUT2D eigenvalue weighted by atomic mass is 10.1. The predicted molar refractivity (Wildman–Crippen MR) is 82.4 cm³/mol. The van der Waals surface area contributed by atoms with Gasteiger partial charge in [0.1, 0.15) is 10.7 Å². The molecule has 0 radical (unpaired) electrons. The molecule has 21 heavy (non-hydrogen) atoms. The van der Waals surface area contributed by atoms with Gasteiger partial charge >= 0.3 is 0 Å². The molecule has 5 nitrogen and oxygen atoms in total. The number of hydrogen-bond acceptors (Lipinski definition) is 4. The Morgan fingerprint density at radius 2 is 1.95 bits per heavy atom. The average molecular weight is 297 g/mol. The van der Waals surface area contributed by atoms with E-state index in [2.05, 4.69) is 4.98 Å². The molecule has 1 aromatic carbocycles. The number of hydrogen-bond donors (Lipinski definition) is 1. The molecule has 1 aromatic heterocycles. The number of nitrogens with two attached hydrogens (primary N) is 1. The fourth-order valence-electron chi connectivity index (χ4n) is 2.44. The van der Waals surface area contributed by atoms with Gasteiger partial charge in [-0.05, 0) is 30.7 Å². The second kappa shape index (κ2) is 4.75. The Balaban J connectivity index is 2.21. The summed E-state index contributed by atoms with van der Waals surface area (Å²) in [6, 6.07) is 8.44. The van der Waals surface area contributed by atoms with Crippen molar-refractivity contribution in [2.75, 3.05) is 4.90 Å². The van der Waals surface area contributed by atoms with Crippen molar-refractivity contribution in [3.05, 3.63) is 58.9 Å². The molecule has 0 fully saturated rings. The molecule has 6 heteroatoms. The minimum atomic E-state index is -0.460. The zero-order valence-electron chi connectivity index (χ0n) is 11.2. The third-order valence-corrected chi connectivity index (χ3v) is 3.59. The topological polar surface area (TPSA) is 76.3 Å². The number of aromatic nitrogens is 1. The molecule has 0 spiro atoms. The van der Waals surface area contributed by atoms with Gasteiger partial charge in [-0.25, -0.2) is 4.90 Å². The van der Waals surface area contributed by atoms with Crippen molar-refractivity contribution in [1.82, 2.24) is 4.98 Å². The van der Waals surface area contributed by atoms with Crippen LogP contribution in [0.5, 0.6) is 0 Å². The highest BCUT2D eigenvalue weighted by molar-refractivity contribution is 7.80. The summed E-state index contributed by atoms with van der Waals surface area (Å²) in [6.45, 7) is 1.83. The lowest BCUT2D eigenvalue weighted by Crippen LogP contribution is -2.32. The number of thiocarbonyl (C=S) groups is 1. The Morgan fingerprint density at radius 1 is 1.19 bits per heavy atom. The molecule has 104 valence electrons. The Hall–Kier alpha value is -2.60. The van der Waals surface area contributed by atoms with Gasteiger partial charge in [-0.1, -0.05) is 24.4 Å². The average Bonchev–Trinajstić information content (AvgIpc) is 2.71. The zero-order chi connectivity index (χ0) is 15.1. The first-order valence-corrected chi connectivity index (χ1v) is 6.66. The van der Waals surface area contributed by atoms with Crippen molar-refractivity contribution in [3.8, 4) is 0 Å². The third-order valence-electron chi connectivity index (χ3n) is 3.38. The maximum absolute atomic E-state index is 12.5. The molecular formula is C15H11N3O2S. The van der Waals surface area contributed by atoms with E-state index in [1.54, 1.807) is 24.3 Å². The molecule has 3 rings (SSSR count). The van der Waals surface area contributed by atoms with Gasteiger partial charge in [-0.2, -0.15) is 0 Å². The first-order chi connectivity index (χ1) is 10.0. The van der Waals surface area contributed by atoms with E-state index in [1.807, 2.05) is 13.0 Å². The minimum absolute atomic E-state index is 0.146. The molecule has 2 N–H and O–H groups in total. The summed E-state index contributed by atoms with van der Waals surface area (Å²) in [5.74, 6) is -0.870. The van der Waals surface area contributed by atoms with E-state index in [-0.39, 0.29) is 16.2 Å². The molecule has 0 saturated carbocycles. The molecule has 0 aliphatic carbocycles. The molecular weight excluding hydrogens is 286 g/mol. The number of rotatable bonds is 2. The number of aryl methyl sites for hydroxylation is 1. The summed E-state index contributed by atoms with van der Waals surface area (Å²) in [6.07, 6.45) is 1.48. The second-order valence-corrected chi connectivity index (χ2v) is 5.12. The van der Waals surface area contributed by atoms with Crippen LogP contribution in [0.4, 0.5) is 5.69 Å². The predicted octanol–water partition coefficient (Wildman–Crippen LogP) is 1.82. The molecule has 0 bridgehead atoms. The lowest BCUT2D eigenvalue weighted by Gasteiger charge is -2.18. The van der Waals surface area contributed by atoms with Gasteiger partial charge in [0.2, 0.25) is 0 Å². The molecule has 1 aliphatic rings. The lowest BCUT2D eigenvalue weighted by molar-refractivity contribution is 0.0924. The van der Waals surface area contributed by atoms with Crippen molar-refractivity contribution in [1.29, 1.82) is 0 Å². The highest BCUT2D eigenvalue weighted by Gasteiger charge is 2.39. The van der Waals surface area contributed by atoms with Crippen LogP contribution in [0.25, 0.3) is 0 Å².